The molecule has 4 aromatic rings. The first-order valence-corrected chi connectivity index (χ1v) is 11.8. The summed E-state index contributed by atoms with van der Waals surface area (Å²) in [6.45, 7) is 7.97. The number of esters is 1. The molecule has 6 nitrogen and oxygen atoms in total. The molecule has 0 unspecified atom stereocenters. The van der Waals surface area contributed by atoms with Gasteiger partial charge < -0.3 is 4.74 Å². The Morgan fingerprint density at radius 3 is 1.49 bits per heavy atom. The number of nitrogens with zero attached hydrogens (tertiary/aromatic N) is 4. The summed E-state index contributed by atoms with van der Waals surface area (Å²) in [4.78, 5) is 32.0. The van der Waals surface area contributed by atoms with E-state index in [1.54, 1.807) is 0 Å². The first-order chi connectivity index (χ1) is 16.9. The van der Waals surface area contributed by atoms with Gasteiger partial charge in [-0.15, -0.1) is 0 Å². The second-order valence-electron chi connectivity index (χ2n) is 8.99. The Morgan fingerprint density at radius 1 is 0.686 bits per heavy atom. The third kappa shape index (κ3) is 5.96. The zero-order chi connectivity index (χ0) is 24.8. The number of rotatable bonds is 8. The fourth-order valence-electron chi connectivity index (χ4n) is 4.12. The van der Waals surface area contributed by atoms with E-state index in [0.29, 0.717) is 19.4 Å². The van der Waals surface area contributed by atoms with Crippen LogP contribution in [-0.2, 0) is 22.4 Å². The SMILES string of the molecule is CCOC(=O)C(C)(Cc1cccc(-c2cccc(C)n2)n1)Cc1cccc(-c2cccc(C)n2)n1. The van der Waals surface area contributed by atoms with Crippen molar-refractivity contribution in [2.45, 2.75) is 40.5 Å². The number of ether oxygens (including phenoxy) is 1. The molecular formula is C29H30N4O2. The number of hydrogen-bond acceptors (Lipinski definition) is 6. The van der Waals surface area contributed by atoms with Crippen LogP contribution in [-0.4, -0.2) is 32.5 Å². The Morgan fingerprint density at radius 2 is 1.09 bits per heavy atom. The number of carbonyl (C=O) groups is 1. The van der Waals surface area contributed by atoms with E-state index >= 15 is 0 Å². The Bertz CT molecular complexity index is 1240. The minimum atomic E-state index is -0.840. The summed E-state index contributed by atoms with van der Waals surface area (Å²) < 4.78 is 5.49. The molecule has 0 spiro atoms. The van der Waals surface area contributed by atoms with Gasteiger partial charge in [0.05, 0.1) is 34.8 Å². The Kier molecular flexibility index (Phi) is 7.30. The predicted octanol–water partition coefficient (Wildman–Crippen LogP) is 5.57. The maximum Gasteiger partial charge on any atom is 0.312 e. The van der Waals surface area contributed by atoms with Gasteiger partial charge in [0.25, 0.3) is 0 Å². The first-order valence-electron chi connectivity index (χ1n) is 11.8. The molecule has 4 heterocycles. The van der Waals surface area contributed by atoms with Crippen LogP contribution in [0.2, 0.25) is 0 Å². The minimum absolute atomic E-state index is 0.262. The molecule has 0 saturated carbocycles. The molecule has 0 radical (unpaired) electrons. The molecule has 0 saturated heterocycles. The molecule has 4 aromatic heterocycles. The molecule has 0 bridgehead atoms. The van der Waals surface area contributed by atoms with Crippen LogP contribution >= 0.6 is 0 Å². The normalized spacial score (nSPS) is 11.3. The summed E-state index contributed by atoms with van der Waals surface area (Å²) in [6, 6.07) is 23.4. The highest BCUT2D eigenvalue weighted by atomic mass is 16.5. The van der Waals surface area contributed by atoms with Gasteiger partial charge in [-0.05, 0) is 76.2 Å². The molecule has 0 fully saturated rings. The van der Waals surface area contributed by atoms with Gasteiger partial charge in [-0.2, -0.15) is 0 Å². The average molecular weight is 467 g/mol. The third-order valence-corrected chi connectivity index (χ3v) is 5.83. The van der Waals surface area contributed by atoms with Gasteiger partial charge in [0.15, 0.2) is 0 Å². The van der Waals surface area contributed by atoms with Crippen molar-refractivity contribution in [2.75, 3.05) is 6.61 Å². The highest BCUT2D eigenvalue weighted by molar-refractivity contribution is 5.77. The van der Waals surface area contributed by atoms with Crippen LogP contribution in [0.5, 0.6) is 0 Å². The zero-order valence-electron chi connectivity index (χ0n) is 20.7. The van der Waals surface area contributed by atoms with Crippen LogP contribution in [0.15, 0.2) is 72.8 Å². The quantitative estimate of drug-likeness (QED) is 0.316. The van der Waals surface area contributed by atoms with E-state index in [4.69, 9.17) is 14.7 Å². The number of aromatic nitrogens is 4. The van der Waals surface area contributed by atoms with Crippen LogP contribution in [0, 0.1) is 19.3 Å². The van der Waals surface area contributed by atoms with Crippen LogP contribution in [0.25, 0.3) is 22.8 Å². The highest BCUT2D eigenvalue weighted by Gasteiger charge is 2.36. The monoisotopic (exact) mass is 466 g/mol. The van der Waals surface area contributed by atoms with Gasteiger partial charge in [0.1, 0.15) is 0 Å². The van der Waals surface area contributed by atoms with Crippen molar-refractivity contribution in [3.63, 3.8) is 0 Å². The predicted molar refractivity (Wildman–Crippen MR) is 137 cm³/mol. The molecule has 0 atom stereocenters. The maximum absolute atomic E-state index is 13.2. The summed E-state index contributed by atoms with van der Waals surface area (Å²) >= 11 is 0. The molecule has 0 aromatic carbocycles. The molecule has 35 heavy (non-hydrogen) atoms. The molecular weight excluding hydrogens is 436 g/mol. The third-order valence-electron chi connectivity index (χ3n) is 5.83. The lowest BCUT2D eigenvalue weighted by Crippen LogP contribution is -2.35. The van der Waals surface area contributed by atoms with Crippen LogP contribution in [0.4, 0.5) is 0 Å². The van der Waals surface area contributed by atoms with Gasteiger partial charge in [-0.3, -0.25) is 24.7 Å². The molecule has 0 aliphatic heterocycles. The topological polar surface area (TPSA) is 77.9 Å². The lowest BCUT2D eigenvalue weighted by atomic mass is 9.80. The first kappa shape index (κ1) is 24.2. The van der Waals surface area contributed by atoms with Crippen molar-refractivity contribution in [3.05, 3.63) is 95.6 Å². The van der Waals surface area contributed by atoms with E-state index in [1.165, 1.54) is 0 Å². The van der Waals surface area contributed by atoms with Gasteiger partial charge in [-0.25, -0.2) is 0 Å². The van der Waals surface area contributed by atoms with E-state index in [0.717, 1.165) is 45.6 Å². The fourth-order valence-corrected chi connectivity index (χ4v) is 4.12. The number of pyridine rings is 4. The molecule has 6 heteroatoms. The second kappa shape index (κ2) is 10.6. The Labute approximate surface area is 206 Å². The van der Waals surface area contributed by atoms with Crippen molar-refractivity contribution in [1.82, 2.24) is 19.9 Å². The summed E-state index contributed by atoms with van der Waals surface area (Å²) in [5.74, 6) is -0.262. The largest absolute Gasteiger partial charge is 0.466 e. The van der Waals surface area contributed by atoms with E-state index in [2.05, 4.69) is 9.97 Å². The molecule has 4 rings (SSSR count). The van der Waals surface area contributed by atoms with E-state index < -0.39 is 5.41 Å². The smallest absolute Gasteiger partial charge is 0.312 e. The van der Waals surface area contributed by atoms with Gasteiger partial charge >= 0.3 is 5.97 Å². The van der Waals surface area contributed by atoms with Crippen LogP contribution in [0.1, 0.15) is 36.6 Å². The summed E-state index contributed by atoms with van der Waals surface area (Å²) in [6.07, 6.45) is 0.834. The van der Waals surface area contributed by atoms with Crippen LogP contribution < -0.4 is 0 Å². The number of aryl methyl sites for hydroxylation is 2. The lowest BCUT2D eigenvalue weighted by molar-refractivity contribution is -0.154. The van der Waals surface area contributed by atoms with Gasteiger partial charge in [0, 0.05) is 35.6 Å². The molecule has 0 amide bonds. The Hall–Kier alpha value is -3.93. The van der Waals surface area contributed by atoms with E-state index in [-0.39, 0.29) is 5.97 Å². The van der Waals surface area contributed by atoms with Gasteiger partial charge in [-0.1, -0.05) is 24.3 Å². The molecule has 178 valence electrons. The molecule has 0 aliphatic carbocycles. The highest BCUT2D eigenvalue weighted by Crippen LogP contribution is 2.30. The molecule has 0 N–H and O–H groups in total. The van der Waals surface area contributed by atoms with E-state index in [9.17, 15) is 4.79 Å². The van der Waals surface area contributed by atoms with Crippen molar-refractivity contribution in [3.8, 4) is 22.8 Å². The minimum Gasteiger partial charge on any atom is -0.466 e. The second-order valence-corrected chi connectivity index (χ2v) is 8.99. The van der Waals surface area contributed by atoms with Crippen LogP contribution in [0.3, 0.4) is 0 Å². The summed E-state index contributed by atoms with van der Waals surface area (Å²) in [5, 5.41) is 0. The average Bonchev–Trinajstić information content (AvgIpc) is 2.84. The standard InChI is InChI=1S/C29H30N4O2/c1-5-35-28(34)29(4,18-22-12-8-16-26(32-22)24-14-6-10-20(2)30-24)19-23-13-9-17-27(33-23)25-15-7-11-21(3)31-25/h6-17H,5,18-19H2,1-4H3. The summed E-state index contributed by atoms with van der Waals surface area (Å²) in [7, 11) is 0. The van der Waals surface area contributed by atoms with E-state index in [1.807, 2.05) is 100 Å². The zero-order valence-corrected chi connectivity index (χ0v) is 20.7. The van der Waals surface area contributed by atoms with Crippen molar-refractivity contribution in [2.24, 2.45) is 5.41 Å². The Balaban J connectivity index is 1.64. The fraction of sp³-hybridized carbons (Fsp3) is 0.276. The summed E-state index contributed by atoms with van der Waals surface area (Å²) in [5.41, 5.74) is 5.81. The van der Waals surface area contributed by atoms with Crippen molar-refractivity contribution < 1.29 is 9.53 Å². The molecule has 0 aliphatic rings. The maximum atomic E-state index is 13.2. The van der Waals surface area contributed by atoms with Gasteiger partial charge in [0.2, 0.25) is 0 Å². The number of carbonyl (C=O) groups excluding carboxylic acids is 1. The van der Waals surface area contributed by atoms with Crippen molar-refractivity contribution >= 4 is 5.97 Å². The number of hydrogen-bond donors (Lipinski definition) is 0. The van der Waals surface area contributed by atoms with Crippen molar-refractivity contribution in [1.29, 1.82) is 0 Å². The lowest BCUT2D eigenvalue weighted by Gasteiger charge is -2.27.